The lowest BCUT2D eigenvalue weighted by Gasteiger charge is -2.24. The van der Waals surface area contributed by atoms with E-state index in [2.05, 4.69) is 40.1 Å². The second kappa shape index (κ2) is 10.4. The summed E-state index contributed by atoms with van der Waals surface area (Å²) in [5, 5.41) is 13.7. The second-order valence-corrected chi connectivity index (χ2v) is 7.93. The first-order valence-corrected chi connectivity index (χ1v) is 10.6. The number of halogens is 1. The van der Waals surface area contributed by atoms with Gasteiger partial charge in [0.05, 0.1) is 23.1 Å². The highest BCUT2D eigenvalue weighted by Crippen LogP contribution is 2.31. The van der Waals surface area contributed by atoms with Crippen molar-refractivity contribution in [2.24, 2.45) is 0 Å². The number of piperidine rings is 1. The highest BCUT2D eigenvalue weighted by atomic mass is 35.5. The average molecular weight is 454 g/mol. The zero-order valence-electron chi connectivity index (χ0n) is 18.2. The Morgan fingerprint density at radius 1 is 1.03 bits per heavy atom. The van der Waals surface area contributed by atoms with Crippen LogP contribution in [-0.2, 0) is 4.79 Å². The highest BCUT2D eigenvalue weighted by molar-refractivity contribution is 6.05. The largest absolute Gasteiger partial charge is 0.326 e. The third kappa shape index (κ3) is 5.36. The van der Waals surface area contributed by atoms with Crippen molar-refractivity contribution >= 4 is 35.6 Å². The van der Waals surface area contributed by atoms with Gasteiger partial charge in [-0.25, -0.2) is 4.68 Å². The van der Waals surface area contributed by atoms with Crippen LogP contribution in [-0.4, -0.2) is 34.7 Å². The number of carbonyl (C=O) groups excluding carboxylic acids is 2. The molecule has 3 aromatic rings. The molecule has 2 heterocycles. The van der Waals surface area contributed by atoms with Crippen LogP contribution in [0.1, 0.15) is 47.3 Å². The number of aromatic nitrogens is 2. The zero-order valence-corrected chi connectivity index (χ0v) is 19.0. The van der Waals surface area contributed by atoms with Crippen molar-refractivity contribution in [1.82, 2.24) is 15.1 Å². The summed E-state index contributed by atoms with van der Waals surface area (Å²) in [6, 6.07) is 15.2. The molecule has 0 bridgehead atoms. The van der Waals surface area contributed by atoms with Crippen molar-refractivity contribution in [3.63, 3.8) is 0 Å². The van der Waals surface area contributed by atoms with Crippen LogP contribution in [0.3, 0.4) is 0 Å². The van der Waals surface area contributed by atoms with E-state index in [0.717, 1.165) is 42.9 Å². The molecule has 32 heavy (non-hydrogen) atoms. The smallest absolute Gasteiger partial charge is 0.259 e. The number of amides is 2. The Labute approximate surface area is 194 Å². The number of carbonyl (C=O) groups is 2. The molecular weight excluding hydrogens is 426 g/mol. The van der Waals surface area contributed by atoms with Gasteiger partial charge in [-0.2, -0.15) is 5.10 Å². The number of nitrogens with zero attached hydrogens (tertiary/aromatic N) is 2. The summed E-state index contributed by atoms with van der Waals surface area (Å²) in [6.45, 7) is 5.37. The number of rotatable bonds is 5. The highest BCUT2D eigenvalue weighted by Gasteiger charge is 2.27. The summed E-state index contributed by atoms with van der Waals surface area (Å²) in [4.78, 5) is 24.4. The minimum Gasteiger partial charge on any atom is -0.326 e. The van der Waals surface area contributed by atoms with Crippen LogP contribution in [0, 0.1) is 6.92 Å². The third-order valence-electron chi connectivity index (χ3n) is 5.49. The van der Waals surface area contributed by atoms with Crippen LogP contribution < -0.4 is 16.0 Å². The number of benzene rings is 2. The Kier molecular flexibility index (Phi) is 7.66. The molecule has 0 unspecified atom stereocenters. The van der Waals surface area contributed by atoms with Crippen LogP contribution in [0.2, 0.25) is 0 Å². The molecular formula is C24H28ClN5O2. The van der Waals surface area contributed by atoms with E-state index in [1.54, 1.807) is 30.5 Å². The van der Waals surface area contributed by atoms with Crippen molar-refractivity contribution in [2.45, 2.75) is 32.6 Å². The maximum absolute atomic E-state index is 13.2. The van der Waals surface area contributed by atoms with E-state index in [-0.39, 0.29) is 30.1 Å². The van der Waals surface area contributed by atoms with Gasteiger partial charge >= 0.3 is 0 Å². The number of anilines is 2. The molecule has 4 rings (SSSR count). The van der Waals surface area contributed by atoms with Crippen LogP contribution in [0.4, 0.5) is 11.4 Å². The fourth-order valence-corrected chi connectivity index (χ4v) is 4.03. The van der Waals surface area contributed by atoms with E-state index in [4.69, 9.17) is 0 Å². The Bertz CT molecular complexity index is 1090. The van der Waals surface area contributed by atoms with E-state index >= 15 is 0 Å². The molecule has 0 atom stereocenters. The van der Waals surface area contributed by atoms with Crippen molar-refractivity contribution in [1.29, 1.82) is 0 Å². The first-order chi connectivity index (χ1) is 15.0. The summed E-state index contributed by atoms with van der Waals surface area (Å²) in [7, 11) is 0. The first kappa shape index (κ1) is 23.5. The van der Waals surface area contributed by atoms with Crippen molar-refractivity contribution in [3.8, 4) is 5.69 Å². The zero-order chi connectivity index (χ0) is 21.8. The molecule has 1 fully saturated rings. The van der Waals surface area contributed by atoms with Crippen molar-refractivity contribution in [3.05, 3.63) is 71.5 Å². The molecule has 2 aromatic carbocycles. The van der Waals surface area contributed by atoms with Crippen molar-refractivity contribution in [2.75, 3.05) is 23.7 Å². The van der Waals surface area contributed by atoms with Gasteiger partial charge < -0.3 is 16.0 Å². The number of hydrogen-bond acceptors (Lipinski definition) is 4. The molecule has 168 valence electrons. The number of aryl methyl sites for hydroxylation is 1. The molecule has 1 aromatic heterocycles. The van der Waals surface area contributed by atoms with Gasteiger partial charge in [-0.05, 0) is 74.8 Å². The number of hydrogen-bond donors (Lipinski definition) is 3. The minimum absolute atomic E-state index is 0. The van der Waals surface area contributed by atoms with Gasteiger partial charge in [-0.15, -0.1) is 12.4 Å². The Hall–Kier alpha value is -3.16. The van der Waals surface area contributed by atoms with Gasteiger partial charge in [-0.3, -0.25) is 9.59 Å². The van der Waals surface area contributed by atoms with Crippen LogP contribution >= 0.6 is 12.4 Å². The average Bonchev–Trinajstić information content (AvgIpc) is 3.21. The fraction of sp³-hybridized carbons (Fsp3) is 0.292. The molecule has 3 N–H and O–H groups in total. The Balaban J connectivity index is 0.00000289. The first-order valence-electron chi connectivity index (χ1n) is 10.6. The summed E-state index contributed by atoms with van der Waals surface area (Å²) in [6.07, 6.45) is 3.59. The standard InChI is InChI=1S/C24H27N5O2.ClH/c1-16-4-3-5-21(14-16)29-23(18-10-12-25-13-11-18)22(15-26-29)24(31)28-20-8-6-19(7-9-20)27-17(2)30;/h3-9,14-15,18,25H,10-13H2,1-2H3,(H,27,30)(H,28,31);1H. The molecule has 0 spiro atoms. The SMILES string of the molecule is CC(=O)Nc1ccc(NC(=O)c2cnn(-c3cccc(C)c3)c2C2CCNCC2)cc1.Cl. The van der Waals surface area contributed by atoms with Gasteiger partial charge in [0.1, 0.15) is 0 Å². The molecule has 7 nitrogen and oxygen atoms in total. The molecule has 2 amide bonds. The summed E-state index contributed by atoms with van der Waals surface area (Å²) in [5.41, 5.74) is 5.02. The third-order valence-corrected chi connectivity index (χ3v) is 5.49. The van der Waals surface area contributed by atoms with E-state index < -0.39 is 0 Å². The second-order valence-electron chi connectivity index (χ2n) is 7.93. The van der Waals surface area contributed by atoms with Crippen molar-refractivity contribution < 1.29 is 9.59 Å². The van der Waals surface area contributed by atoms with Gasteiger partial charge in [0.25, 0.3) is 5.91 Å². The predicted molar refractivity (Wildman–Crippen MR) is 129 cm³/mol. The minimum atomic E-state index is -0.181. The predicted octanol–water partition coefficient (Wildman–Crippen LogP) is 4.28. The maximum Gasteiger partial charge on any atom is 0.259 e. The van der Waals surface area contributed by atoms with Gasteiger partial charge in [0.15, 0.2) is 0 Å². The quantitative estimate of drug-likeness (QED) is 0.538. The molecule has 1 saturated heterocycles. The fourth-order valence-electron chi connectivity index (χ4n) is 4.03. The van der Waals surface area contributed by atoms with Crippen LogP contribution in [0.5, 0.6) is 0 Å². The normalized spacial score (nSPS) is 13.8. The topological polar surface area (TPSA) is 88.1 Å². The Morgan fingerprint density at radius 3 is 2.31 bits per heavy atom. The number of nitrogens with one attached hydrogen (secondary N) is 3. The lowest BCUT2D eigenvalue weighted by molar-refractivity contribution is -0.114. The summed E-state index contributed by atoms with van der Waals surface area (Å²) in [5.74, 6) is -0.0566. The Morgan fingerprint density at radius 2 is 1.69 bits per heavy atom. The molecule has 1 aliphatic rings. The molecule has 0 aliphatic carbocycles. The van der Waals surface area contributed by atoms with Gasteiger partial charge in [-0.1, -0.05) is 12.1 Å². The molecule has 8 heteroatoms. The van der Waals surface area contributed by atoms with E-state index in [1.165, 1.54) is 6.92 Å². The van der Waals surface area contributed by atoms with Gasteiger partial charge in [0, 0.05) is 24.2 Å². The van der Waals surface area contributed by atoms with Crippen LogP contribution in [0.25, 0.3) is 5.69 Å². The lowest BCUT2D eigenvalue weighted by Crippen LogP contribution is -2.29. The maximum atomic E-state index is 13.2. The molecule has 1 aliphatic heterocycles. The molecule has 0 saturated carbocycles. The van der Waals surface area contributed by atoms with E-state index in [9.17, 15) is 9.59 Å². The molecule has 0 radical (unpaired) electrons. The van der Waals surface area contributed by atoms with E-state index in [0.29, 0.717) is 16.9 Å². The summed E-state index contributed by atoms with van der Waals surface area (Å²) >= 11 is 0. The summed E-state index contributed by atoms with van der Waals surface area (Å²) < 4.78 is 1.91. The monoisotopic (exact) mass is 453 g/mol. The van der Waals surface area contributed by atoms with Crippen LogP contribution in [0.15, 0.2) is 54.7 Å². The van der Waals surface area contributed by atoms with E-state index in [1.807, 2.05) is 16.8 Å². The lowest BCUT2D eigenvalue weighted by atomic mass is 9.91. The van der Waals surface area contributed by atoms with Gasteiger partial charge in [0.2, 0.25) is 5.91 Å².